The highest BCUT2D eigenvalue weighted by Gasteiger charge is 2.27. The molecule has 2 rings (SSSR count). The van der Waals surface area contributed by atoms with Crippen LogP contribution in [0, 0.1) is 0 Å². The summed E-state index contributed by atoms with van der Waals surface area (Å²) >= 11 is 3.45. The third-order valence-corrected chi connectivity index (χ3v) is 4.64. The maximum Gasteiger partial charge on any atom is 0.223 e. The molecule has 1 aromatic rings. The van der Waals surface area contributed by atoms with Crippen molar-refractivity contribution < 1.29 is 9.53 Å². The molecule has 0 radical (unpaired) electrons. The predicted molar refractivity (Wildman–Crippen MR) is 94.8 cm³/mol. The van der Waals surface area contributed by atoms with Crippen LogP contribution in [0.2, 0.25) is 0 Å². The fourth-order valence-corrected chi connectivity index (χ4v) is 2.92. The Balaban J connectivity index is 0.00000242. The minimum Gasteiger partial charge on any atom is -0.492 e. The maximum absolute atomic E-state index is 12.3. The van der Waals surface area contributed by atoms with Gasteiger partial charge >= 0.3 is 0 Å². The number of benzene rings is 1. The molecule has 0 spiro atoms. The van der Waals surface area contributed by atoms with E-state index in [0.717, 1.165) is 29.7 Å². The Kier molecular flexibility index (Phi) is 8.21. The first kappa shape index (κ1) is 19.3. The molecule has 1 aromatic carbocycles. The van der Waals surface area contributed by atoms with E-state index in [2.05, 4.69) is 35.1 Å². The van der Waals surface area contributed by atoms with Gasteiger partial charge in [-0.05, 0) is 48.3 Å². The van der Waals surface area contributed by atoms with Crippen molar-refractivity contribution in [3.8, 4) is 5.75 Å². The monoisotopic (exact) mass is 390 g/mol. The number of ether oxygens (including phenoxy) is 1. The van der Waals surface area contributed by atoms with E-state index in [9.17, 15) is 4.79 Å². The Hall–Kier alpha value is -0.780. The average molecular weight is 392 g/mol. The van der Waals surface area contributed by atoms with E-state index < -0.39 is 0 Å². The molecule has 1 amide bonds. The first-order chi connectivity index (χ1) is 10.1. The van der Waals surface area contributed by atoms with E-state index in [4.69, 9.17) is 4.74 Å². The van der Waals surface area contributed by atoms with Crippen LogP contribution in [-0.2, 0) is 4.79 Å². The third-order valence-electron chi connectivity index (χ3n) is 3.98. The molecular formula is C16H24BrClN2O2. The number of nitrogens with zero attached hydrogens (tertiary/aromatic N) is 1. The highest BCUT2D eigenvalue weighted by Crippen LogP contribution is 2.24. The summed E-state index contributed by atoms with van der Waals surface area (Å²) in [7, 11) is 0. The Morgan fingerprint density at radius 2 is 2.14 bits per heavy atom. The molecule has 1 aliphatic heterocycles. The Morgan fingerprint density at radius 3 is 2.86 bits per heavy atom. The summed E-state index contributed by atoms with van der Waals surface area (Å²) < 4.78 is 6.64. The summed E-state index contributed by atoms with van der Waals surface area (Å²) in [5.41, 5.74) is 0. The molecule has 1 saturated heterocycles. The van der Waals surface area contributed by atoms with Crippen molar-refractivity contribution in [3.05, 3.63) is 28.7 Å². The predicted octanol–water partition coefficient (Wildman–Crippen LogP) is 3.24. The summed E-state index contributed by atoms with van der Waals surface area (Å²) in [5, 5.41) is 3.39. The van der Waals surface area contributed by atoms with Gasteiger partial charge in [0.15, 0.2) is 0 Å². The van der Waals surface area contributed by atoms with Crippen LogP contribution in [0.15, 0.2) is 28.7 Å². The number of carbonyl (C=O) groups excluding carboxylic acids is 1. The second-order valence-electron chi connectivity index (χ2n) is 5.45. The van der Waals surface area contributed by atoms with Crippen molar-refractivity contribution in [2.75, 3.05) is 19.7 Å². The number of piperazine rings is 1. The molecule has 1 heterocycles. The quantitative estimate of drug-likeness (QED) is 0.784. The molecule has 2 unspecified atom stereocenters. The van der Waals surface area contributed by atoms with Crippen molar-refractivity contribution in [1.29, 1.82) is 0 Å². The van der Waals surface area contributed by atoms with Crippen molar-refractivity contribution in [3.63, 3.8) is 0 Å². The molecule has 0 saturated carbocycles. The van der Waals surface area contributed by atoms with Gasteiger partial charge < -0.3 is 15.0 Å². The summed E-state index contributed by atoms with van der Waals surface area (Å²) in [5.74, 6) is 1.06. The number of para-hydroxylation sites is 1. The number of hydrogen-bond acceptors (Lipinski definition) is 3. The van der Waals surface area contributed by atoms with Crippen LogP contribution in [-0.4, -0.2) is 42.6 Å². The van der Waals surface area contributed by atoms with Gasteiger partial charge in [0.1, 0.15) is 5.75 Å². The van der Waals surface area contributed by atoms with Crippen molar-refractivity contribution in [1.82, 2.24) is 10.2 Å². The van der Waals surface area contributed by atoms with E-state index in [1.807, 2.05) is 29.2 Å². The van der Waals surface area contributed by atoms with Gasteiger partial charge in [0.25, 0.3) is 0 Å². The SMILES string of the molecule is CC1NCCN(C(=O)CCCOc2ccccc2Br)C1C.Cl. The Labute approximate surface area is 147 Å². The van der Waals surface area contributed by atoms with E-state index in [-0.39, 0.29) is 24.4 Å². The van der Waals surface area contributed by atoms with Crippen LogP contribution in [0.4, 0.5) is 0 Å². The highest BCUT2D eigenvalue weighted by atomic mass is 79.9. The second kappa shape index (κ2) is 9.38. The topological polar surface area (TPSA) is 41.6 Å². The Bertz CT molecular complexity index is 487. The normalized spacial score (nSPS) is 21.1. The van der Waals surface area contributed by atoms with E-state index in [1.165, 1.54) is 0 Å². The molecule has 0 aromatic heterocycles. The molecular weight excluding hydrogens is 368 g/mol. The smallest absolute Gasteiger partial charge is 0.223 e. The van der Waals surface area contributed by atoms with Gasteiger partial charge in [-0.15, -0.1) is 12.4 Å². The van der Waals surface area contributed by atoms with Crippen molar-refractivity contribution in [2.45, 2.75) is 38.8 Å². The van der Waals surface area contributed by atoms with Gasteiger partial charge in [-0.1, -0.05) is 12.1 Å². The number of nitrogens with one attached hydrogen (secondary N) is 1. The summed E-state index contributed by atoms with van der Waals surface area (Å²) in [6, 6.07) is 8.38. The van der Waals surface area contributed by atoms with Gasteiger partial charge in [0.2, 0.25) is 5.91 Å². The highest BCUT2D eigenvalue weighted by molar-refractivity contribution is 9.10. The molecule has 2 atom stereocenters. The number of rotatable bonds is 5. The fraction of sp³-hybridized carbons (Fsp3) is 0.562. The molecule has 0 bridgehead atoms. The van der Waals surface area contributed by atoms with Crippen molar-refractivity contribution >= 4 is 34.2 Å². The van der Waals surface area contributed by atoms with Gasteiger partial charge in [0.05, 0.1) is 11.1 Å². The number of amides is 1. The van der Waals surface area contributed by atoms with Gasteiger partial charge in [-0.2, -0.15) is 0 Å². The zero-order valence-corrected chi connectivity index (χ0v) is 15.5. The first-order valence-corrected chi connectivity index (χ1v) is 8.29. The molecule has 22 heavy (non-hydrogen) atoms. The third kappa shape index (κ3) is 5.14. The van der Waals surface area contributed by atoms with Crippen LogP contribution in [0.1, 0.15) is 26.7 Å². The molecule has 124 valence electrons. The van der Waals surface area contributed by atoms with Gasteiger partial charge in [-0.25, -0.2) is 0 Å². The van der Waals surface area contributed by atoms with E-state index in [0.29, 0.717) is 19.1 Å². The number of carbonyl (C=O) groups is 1. The molecule has 6 heteroatoms. The van der Waals surface area contributed by atoms with Crippen LogP contribution >= 0.6 is 28.3 Å². The molecule has 1 N–H and O–H groups in total. The minimum absolute atomic E-state index is 0. The zero-order chi connectivity index (χ0) is 15.2. The standard InChI is InChI=1S/C16H23BrN2O2.ClH/c1-12-13(2)19(10-9-18-12)16(20)8-5-11-21-15-7-4-3-6-14(15)17;/h3-4,6-7,12-13,18H,5,8-11H2,1-2H3;1H. The molecule has 4 nitrogen and oxygen atoms in total. The van der Waals surface area contributed by atoms with E-state index in [1.54, 1.807) is 0 Å². The van der Waals surface area contributed by atoms with Crippen molar-refractivity contribution in [2.24, 2.45) is 0 Å². The van der Waals surface area contributed by atoms with Crippen LogP contribution in [0.5, 0.6) is 5.75 Å². The molecule has 1 aliphatic rings. The average Bonchev–Trinajstić information content (AvgIpc) is 2.48. The Morgan fingerprint density at radius 1 is 1.41 bits per heavy atom. The second-order valence-corrected chi connectivity index (χ2v) is 6.31. The van der Waals surface area contributed by atoms with E-state index >= 15 is 0 Å². The number of halogens is 2. The fourth-order valence-electron chi connectivity index (χ4n) is 2.52. The molecule has 1 fully saturated rings. The first-order valence-electron chi connectivity index (χ1n) is 7.50. The lowest BCUT2D eigenvalue weighted by atomic mass is 10.1. The van der Waals surface area contributed by atoms with Crippen LogP contribution in [0.25, 0.3) is 0 Å². The lowest BCUT2D eigenvalue weighted by Crippen LogP contribution is -2.57. The van der Waals surface area contributed by atoms with Gasteiger partial charge in [-0.3, -0.25) is 4.79 Å². The summed E-state index contributed by atoms with van der Waals surface area (Å²) in [6.45, 7) is 6.47. The summed E-state index contributed by atoms with van der Waals surface area (Å²) in [6.07, 6.45) is 1.28. The van der Waals surface area contributed by atoms with Crippen LogP contribution in [0.3, 0.4) is 0 Å². The minimum atomic E-state index is 0. The zero-order valence-electron chi connectivity index (χ0n) is 13.0. The summed E-state index contributed by atoms with van der Waals surface area (Å²) in [4.78, 5) is 14.3. The lowest BCUT2D eigenvalue weighted by Gasteiger charge is -2.38. The largest absolute Gasteiger partial charge is 0.492 e. The van der Waals surface area contributed by atoms with Gasteiger partial charge in [0, 0.05) is 31.6 Å². The maximum atomic E-state index is 12.3. The lowest BCUT2D eigenvalue weighted by molar-refractivity contribution is -0.135. The molecule has 0 aliphatic carbocycles. The van der Waals surface area contributed by atoms with Crippen LogP contribution < -0.4 is 10.1 Å². The number of hydrogen-bond donors (Lipinski definition) is 1.